The first kappa shape index (κ1) is 27.8. The SMILES string of the molecule is COc1nc(N)nc2c1ncn2[C@@H]1OC(CO[P@]2(=O)N[C@H](C(=O)O[C@@H](C)c3ccccc3)CS2)[C@@H](O)[C@@]1(C)O. The van der Waals surface area contributed by atoms with Gasteiger partial charge in [0.1, 0.15) is 30.0 Å². The number of esters is 1. The van der Waals surface area contributed by atoms with Crippen molar-refractivity contribution in [1.82, 2.24) is 24.6 Å². The van der Waals surface area contributed by atoms with E-state index in [0.717, 1.165) is 16.9 Å². The normalized spacial score (nSPS) is 31.4. The van der Waals surface area contributed by atoms with Crippen molar-refractivity contribution in [1.29, 1.82) is 0 Å². The molecule has 4 heterocycles. The lowest BCUT2D eigenvalue weighted by Gasteiger charge is -2.27. The highest BCUT2D eigenvalue weighted by Crippen LogP contribution is 2.61. The number of aliphatic hydroxyl groups excluding tert-OH is 1. The van der Waals surface area contributed by atoms with Crippen molar-refractivity contribution in [3.05, 3.63) is 42.2 Å². The molecule has 2 aliphatic rings. The van der Waals surface area contributed by atoms with Gasteiger partial charge < -0.3 is 34.7 Å². The van der Waals surface area contributed by atoms with Crippen molar-refractivity contribution in [3.63, 3.8) is 0 Å². The Morgan fingerprint density at radius 1 is 1.38 bits per heavy atom. The number of carbonyl (C=O) groups is 1. The second kappa shape index (κ2) is 10.7. The van der Waals surface area contributed by atoms with E-state index in [0.29, 0.717) is 0 Å². The second-order valence-electron chi connectivity index (χ2n) is 9.37. The molecule has 0 saturated carbocycles. The molecule has 5 rings (SSSR count). The smallest absolute Gasteiger partial charge is 0.327 e. The summed E-state index contributed by atoms with van der Waals surface area (Å²) in [7, 11) is 1.41. The number of nitrogens with two attached hydrogens (primary N) is 1. The molecule has 2 aromatic heterocycles. The summed E-state index contributed by atoms with van der Waals surface area (Å²) in [5.74, 6) is -0.310. The Morgan fingerprint density at radius 2 is 2.13 bits per heavy atom. The van der Waals surface area contributed by atoms with Gasteiger partial charge in [-0.15, -0.1) is 0 Å². The van der Waals surface area contributed by atoms with Gasteiger partial charge in [0.05, 0.1) is 20.0 Å². The van der Waals surface area contributed by atoms with Crippen LogP contribution in [0.5, 0.6) is 5.88 Å². The molecule has 0 aliphatic carbocycles. The minimum absolute atomic E-state index is 0.0761. The van der Waals surface area contributed by atoms with Crippen molar-refractivity contribution >= 4 is 41.2 Å². The number of rotatable bonds is 8. The molecule has 2 aliphatic heterocycles. The van der Waals surface area contributed by atoms with Crippen molar-refractivity contribution in [3.8, 4) is 5.88 Å². The van der Waals surface area contributed by atoms with Gasteiger partial charge in [-0.1, -0.05) is 41.7 Å². The number of ether oxygens (including phenoxy) is 3. The van der Waals surface area contributed by atoms with Crippen LogP contribution >= 0.6 is 18.1 Å². The third-order valence-corrected chi connectivity index (χ3v) is 10.6. The molecule has 1 aromatic carbocycles. The molecular weight excluding hydrogens is 551 g/mol. The number of aliphatic hydroxyl groups is 2. The molecule has 3 aromatic rings. The number of nitrogen functional groups attached to an aromatic ring is 1. The first-order valence-corrected chi connectivity index (χ1v) is 15.3. The first-order chi connectivity index (χ1) is 18.5. The molecule has 2 saturated heterocycles. The van der Waals surface area contributed by atoms with Crippen LogP contribution in [0.15, 0.2) is 36.7 Å². The predicted octanol–water partition coefficient (Wildman–Crippen LogP) is 1.56. The molecule has 14 nitrogen and oxygen atoms in total. The summed E-state index contributed by atoms with van der Waals surface area (Å²) < 4.78 is 37.0. The molecule has 7 atom stereocenters. The van der Waals surface area contributed by atoms with E-state index < -0.39 is 48.9 Å². The number of aromatic nitrogens is 4. The fourth-order valence-corrected chi connectivity index (χ4v) is 8.33. The van der Waals surface area contributed by atoms with Crippen LogP contribution in [0.2, 0.25) is 0 Å². The summed E-state index contributed by atoms with van der Waals surface area (Å²) in [6, 6.07) is 8.43. The second-order valence-corrected chi connectivity index (χ2v) is 13.7. The van der Waals surface area contributed by atoms with Gasteiger partial charge in [0.25, 0.3) is 0 Å². The third-order valence-electron chi connectivity index (χ3n) is 6.59. The number of nitrogens with zero attached hydrogens (tertiary/aromatic N) is 4. The average Bonchev–Trinajstić information content (AvgIpc) is 3.57. The summed E-state index contributed by atoms with van der Waals surface area (Å²) in [5, 5.41) is 24.7. The molecule has 39 heavy (non-hydrogen) atoms. The lowest BCUT2D eigenvalue weighted by molar-refractivity contribution is -0.150. The molecule has 0 spiro atoms. The Labute approximate surface area is 227 Å². The van der Waals surface area contributed by atoms with E-state index in [-0.39, 0.29) is 35.4 Å². The van der Waals surface area contributed by atoms with Crippen molar-refractivity contribution in [2.24, 2.45) is 0 Å². The van der Waals surface area contributed by atoms with E-state index in [1.54, 1.807) is 6.92 Å². The number of benzene rings is 1. The zero-order valence-electron chi connectivity index (χ0n) is 21.3. The standard InChI is InChI=1S/C23H29N6O8PS/c1-12(13-7-5-4-6-8-13)36-20(31)14-10-39-38(33,28-14)35-9-15-17(30)23(2,32)21(37-15)29-11-25-16-18(29)26-22(24)27-19(16)34-3/h4-8,11-12,14-15,17,21,30,32H,9-10H2,1-3H3,(H,28,33)(H2,24,26,27)/t12-,14-,15?,17+,21+,23+,38+/m0/s1. The molecule has 0 radical (unpaired) electrons. The highest BCUT2D eigenvalue weighted by atomic mass is 32.7. The number of hydrogen-bond donors (Lipinski definition) is 4. The number of hydrogen-bond acceptors (Lipinski definition) is 13. The fourth-order valence-electron chi connectivity index (χ4n) is 4.45. The van der Waals surface area contributed by atoms with Gasteiger partial charge in [0.15, 0.2) is 17.4 Å². The molecule has 210 valence electrons. The van der Waals surface area contributed by atoms with E-state index >= 15 is 0 Å². The van der Waals surface area contributed by atoms with Crippen LogP contribution in [0.1, 0.15) is 31.7 Å². The fraction of sp³-hybridized carbons (Fsp3) is 0.478. The van der Waals surface area contributed by atoms with Gasteiger partial charge in [-0.25, -0.2) is 10.1 Å². The Morgan fingerprint density at radius 3 is 2.85 bits per heavy atom. The summed E-state index contributed by atoms with van der Waals surface area (Å²) in [5.41, 5.74) is 5.33. The minimum Gasteiger partial charge on any atom is -0.479 e. The number of methoxy groups -OCH3 is 1. The van der Waals surface area contributed by atoms with E-state index in [9.17, 15) is 19.6 Å². The zero-order chi connectivity index (χ0) is 27.9. The summed E-state index contributed by atoms with van der Waals surface area (Å²) in [6.45, 7) is -0.719. The van der Waals surface area contributed by atoms with E-state index in [1.165, 1.54) is 24.9 Å². The topological polar surface area (TPSA) is 193 Å². The van der Waals surface area contributed by atoms with E-state index in [1.807, 2.05) is 30.3 Å². The molecule has 2 fully saturated rings. The molecule has 0 amide bonds. The van der Waals surface area contributed by atoms with Gasteiger partial charge in [-0.3, -0.25) is 13.9 Å². The van der Waals surface area contributed by atoms with Crippen molar-refractivity contribution < 1.29 is 38.3 Å². The van der Waals surface area contributed by atoms with Gasteiger partial charge in [0, 0.05) is 5.75 Å². The van der Waals surface area contributed by atoms with Crippen molar-refractivity contribution in [2.45, 2.75) is 50.0 Å². The lowest BCUT2D eigenvalue weighted by atomic mass is 9.96. The van der Waals surface area contributed by atoms with Crippen LogP contribution in [0.25, 0.3) is 11.2 Å². The largest absolute Gasteiger partial charge is 0.479 e. The van der Waals surface area contributed by atoms with Gasteiger partial charge in [-0.05, 0) is 19.4 Å². The van der Waals surface area contributed by atoms with Crippen molar-refractivity contribution in [2.75, 3.05) is 25.2 Å². The molecule has 1 unspecified atom stereocenters. The predicted molar refractivity (Wildman–Crippen MR) is 141 cm³/mol. The maximum Gasteiger partial charge on any atom is 0.327 e. The van der Waals surface area contributed by atoms with E-state index in [4.69, 9.17) is 24.5 Å². The number of anilines is 1. The van der Waals surface area contributed by atoms with Crippen LogP contribution in [-0.2, 0) is 23.4 Å². The highest BCUT2D eigenvalue weighted by molar-refractivity contribution is 8.56. The van der Waals surface area contributed by atoms with Gasteiger partial charge in [-0.2, -0.15) is 9.97 Å². The third kappa shape index (κ3) is 5.35. The average molecular weight is 581 g/mol. The molecule has 0 bridgehead atoms. The highest BCUT2D eigenvalue weighted by Gasteiger charge is 2.54. The van der Waals surface area contributed by atoms with Crippen LogP contribution in [-0.4, -0.2) is 79.0 Å². The quantitative estimate of drug-likeness (QED) is 0.221. The zero-order valence-corrected chi connectivity index (χ0v) is 23.0. The Kier molecular flexibility index (Phi) is 7.59. The first-order valence-electron chi connectivity index (χ1n) is 12.0. The van der Waals surface area contributed by atoms with Gasteiger partial charge in [0.2, 0.25) is 11.8 Å². The lowest BCUT2D eigenvalue weighted by Crippen LogP contribution is -2.44. The van der Waals surface area contributed by atoms with Crippen LogP contribution in [0, 0.1) is 0 Å². The van der Waals surface area contributed by atoms with Gasteiger partial charge >= 0.3 is 12.7 Å². The Bertz CT molecular complexity index is 1410. The molecule has 5 N–H and O–H groups in total. The number of carbonyl (C=O) groups excluding carboxylic acids is 1. The molecule has 16 heteroatoms. The number of nitrogens with one attached hydrogen (secondary N) is 1. The summed E-state index contributed by atoms with van der Waals surface area (Å²) in [4.78, 5) is 25.0. The van der Waals surface area contributed by atoms with Crippen LogP contribution < -0.4 is 15.6 Å². The number of fused-ring (bicyclic) bond motifs is 1. The number of imidazole rings is 1. The monoisotopic (exact) mass is 580 g/mol. The summed E-state index contributed by atoms with van der Waals surface area (Å²) in [6.07, 6.45) is -2.75. The molecular formula is C23H29N6O8PS. The van der Waals surface area contributed by atoms with Crippen LogP contribution in [0.4, 0.5) is 5.95 Å². The maximum absolute atomic E-state index is 13.3. The summed E-state index contributed by atoms with van der Waals surface area (Å²) >= 11 is 0.956. The minimum atomic E-state index is -3.53. The maximum atomic E-state index is 13.3. The Balaban J connectivity index is 1.23. The van der Waals surface area contributed by atoms with E-state index in [2.05, 4.69) is 20.0 Å². The Hall–Kier alpha value is -2.78. The van der Waals surface area contributed by atoms with Crippen LogP contribution in [0.3, 0.4) is 0 Å².